The SMILES string of the molecule is COc1cc(Nc2ncnc3ccc(OC4CCN(C(=O)CN(C)C)CC4)cc23)ccc1O.Cl.Cl. The first kappa shape index (κ1) is 28.2. The van der Waals surface area contributed by atoms with Crippen LogP contribution in [-0.2, 0) is 4.79 Å². The lowest BCUT2D eigenvalue weighted by Gasteiger charge is -2.32. The van der Waals surface area contributed by atoms with Gasteiger partial charge >= 0.3 is 0 Å². The molecule has 1 aliphatic heterocycles. The average Bonchev–Trinajstić information content (AvgIpc) is 2.80. The van der Waals surface area contributed by atoms with E-state index in [1.165, 1.54) is 13.4 Å². The Morgan fingerprint density at radius 2 is 1.89 bits per heavy atom. The second-order valence-electron chi connectivity index (χ2n) is 8.35. The predicted octanol–water partition coefficient (Wildman–Crippen LogP) is 3.86. The number of rotatable bonds is 7. The molecule has 1 fully saturated rings. The summed E-state index contributed by atoms with van der Waals surface area (Å²) in [6.45, 7) is 1.83. The number of piperidine rings is 1. The van der Waals surface area contributed by atoms with Crippen LogP contribution in [0.5, 0.6) is 17.2 Å². The van der Waals surface area contributed by atoms with Gasteiger partial charge in [-0.3, -0.25) is 4.79 Å². The van der Waals surface area contributed by atoms with Crippen molar-refractivity contribution in [1.29, 1.82) is 0 Å². The highest BCUT2D eigenvalue weighted by Crippen LogP contribution is 2.32. The molecule has 35 heavy (non-hydrogen) atoms. The van der Waals surface area contributed by atoms with Crippen molar-refractivity contribution in [2.45, 2.75) is 18.9 Å². The number of phenolic OH excluding ortho intramolecular Hbond substituents is 1. The molecule has 0 radical (unpaired) electrons. The summed E-state index contributed by atoms with van der Waals surface area (Å²) in [5.41, 5.74) is 1.51. The number of likely N-dealkylation sites (tertiary alicyclic amines) is 1. The molecule has 0 unspecified atom stereocenters. The van der Waals surface area contributed by atoms with Gasteiger partial charge in [-0.2, -0.15) is 0 Å². The lowest BCUT2D eigenvalue weighted by Crippen LogP contribution is -2.44. The van der Waals surface area contributed by atoms with Gasteiger partial charge in [-0.15, -0.1) is 24.8 Å². The summed E-state index contributed by atoms with van der Waals surface area (Å²) in [6.07, 6.45) is 3.14. The minimum Gasteiger partial charge on any atom is -0.504 e. The molecule has 0 atom stereocenters. The smallest absolute Gasteiger partial charge is 0.236 e. The third-order valence-corrected chi connectivity index (χ3v) is 5.60. The van der Waals surface area contributed by atoms with Gasteiger partial charge < -0.3 is 29.7 Å². The molecule has 2 aromatic carbocycles. The summed E-state index contributed by atoms with van der Waals surface area (Å²) in [7, 11) is 5.31. The van der Waals surface area contributed by atoms with Gasteiger partial charge in [0.15, 0.2) is 11.5 Å². The molecule has 4 rings (SSSR count). The molecule has 0 saturated carbocycles. The van der Waals surface area contributed by atoms with Gasteiger partial charge in [0, 0.05) is 43.1 Å². The molecular formula is C24H31Cl2N5O4. The minimum atomic E-state index is 0. The molecule has 1 aliphatic rings. The van der Waals surface area contributed by atoms with E-state index in [0.717, 1.165) is 35.2 Å². The van der Waals surface area contributed by atoms with Gasteiger partial charge in [0.1, 0.15) is 24.0 Å². The Morgan fingerprint density at radius 1 is 1.14 bits per heavy atom. The first-order chi connectivity index (χ1) is 15.9. The fraction of sp³-hybridized carbons (Fsp3) is 0.375. The molecule has 1 aromatic heterocycles. The zero-order valence-corrected chi connectivity index (χ0v) is 21.6. The molecule has 2 heterocycles. The van der Waals surface area contributed by atoms with E-state index in [1.807, 2.05) is 42.1 Å². The number of anilines is 2. The molecule has 0 aliphatic carbocycles. The van der Waals surface area contributed by atoms with Crippen LogP contribution < -0.4 is 14.8 Å². The highest BCUT2D eigenvalue weighted by atomic mass is 35.5. The van der Waals surface area contributed by atoms with E-state index in [0.29, 0.717) is 31.2 Å². The van der Waals surface area contributed by atoms with E-state index in [-0.39, 0.29) is 42.6 Å². The van der Waals surface area contributed by atoms with E-state index in [4.69, 9.17) is 9.47 Å². The number of amides is 1. The third kappa shape index (κ3) is 7.00. The number of methoxy groups -OCH3 is 1. The fourth-order valence-electron chi connectivity index (χ4n) is 3.89. The van der Waals surface area contributed by atoms with Crippen LogP contribution in [0.4, 0.5) is 11.5 Å². The number of ether oxygens (including phenoxy) is 2. The lowest BCUT2D eigenvalue weighted by atomic mass is 10.1. The molecular weight excluding hydrogens is 493 g/mol. The number of nitrogens with zero attached hydrogens (tertiary/aromatic N) is 4. The fourth-order valence-corrected chi connectivity index (χ4v) is 3.89. The number of phenols is 1. The number of likely N-dealkylation sites (N-methyl/N-ethyl adjacent to an activating group) is 1. The highest BCUT2D eigenvalue weighted by molar-refractivity contribution is 5.91. The van der Waals surface area contributed by atoms with Gasteiger partial charge in [0.05, 0.1) is 19.2 Å². The summed E-state index contributed by atoms with van der Waals surface area (Å²) in [4.78, 5) is 24.8. The topological polar surface area (TPSA) is 100 Å². The number of halogens is 2. The van der Waals surface area contributed by atoms with Gasteiger partial charge in [-0.25, -0.2) is 9.97 Å². The van der Waals surface area contributed by atoms with Crippen LogP contribution in [0.2, 0.25) is 0 Å². The molecule has 1 saturated heterocycles. The number of aromatic nitrogens is 2. The van der Waals surface area contributed by atoms with E-state index in [1.54, 1.807) is 18.2 Å². The Labute approximate surface area is 217 Å². The first-order valence-corrected chi connectivity index (χ1v) is 10.9. The molecule has 9 nitrogen and oxygen atoms in total. The second kappa shape index (κ2) is 12.6. The van der Waals surface area contributed by atoms with E-state index < -0.39 is 0 Å². The summed E-state index contributed by atoms with van der Waals surface area (Å²) in [6, 6.07) is 10.8. The molecule has 0 spiro atoms. The number of hydrogen-bond donors (Lipinski definition) is 2. The molecule has 3 aromatic rings. The Hall–Kier alpha value is -3.01. The third-order valence-electron chi connectivity index (χ3n) is 5.60. The van der Waals surface area contributed by atoms with Gasteiger partial charge in [0.25, 0.3) is 0 Å². The maximum atomic E-state index is 12.3. The first-order valence-electron chi connectivity index (χ1n) is 10.9. The van der Waals surface area contributed by atoms with Crippen LogP contribution in [0.15, 0.2) is 42.7 Å². The zero-order valence-electron chi connectivity index (χ0n) is 19.9. The van der Waals surface area contributed by atoms with Gasteiger partial charge in [0.2, 0.25) is 5.91 Å². The Balaban J connectivity index is 0.00000216. The molecule has 1 amide bonds. The number of nitrogens with one attached hydrogen (secondary N) is 1. The van der Waals surface area contributed by atoms with Crippen molar-refractivity contribution in [2.75, 3.05) is 46.2 Å². The largest absolute Gasteiger partial charge is 0.504 e. The Bertz CT molecular complexity index is 1140. The number of aromatic hydroxyl groups is 1. The van der Waals surface area contributed by atoms with Crippen LogP contribution in [0, 0.1) is 0 Å². The molecule has 2 N–H and O–H groups in total. The second-order valence-corrected chi connectivity index (χ2v) is 8.35. The van der Waals surface area contributed by atoms with Gasteiger partial charge in [-0.05, 0) is 44.4 Å². The zero-order chi connectivity index (χ0) is 23.4. The van der Waals surface area contributed by atoms with Crippen molar-refractivity contribution < 1.29 is 19.4 Å². The van der Waals surface area contributed by atoms with E-state index in [9.17, 15) is 9.90 Å². The van der Waals surface area contributed by atoms with Crippen LogP contribution in [0.25, 0.3) is 10.9 Å². The maximum Gasteiger partial charge on any atom is 0.236 e. The lowest BCUT2D eigenvalue weighted by molar-refractivity contribution is -0.133. The predicted molar refractivity (Wildman–Crippen MR) is 141 cm³/mol. The molecule has 190 valence electrons. The van der Waals surface area contributed by atoms with Crippen LogP contribution in [0.1, 0.15) is 12.8 Å². The van der Waals surface area contributed by atoms with Crippen molar-refractivity contribution >= 4 is 53.1 Å². The minimum absolute atomic E-state index is 0. The van der Waals surface area contributed by atoms with Crippen LogP contribution >= 0.6 is 24.8 Å². The summed E-state index contributed by atoms with van der Waals surface area (Å²) in [5.74, 6) is 1.96. The normalized spacial score (nSPS) is 13.7. The summed E-state index contributed by atoms with van der Waals surface area (Å²) >= 11 is 0. The maximum absolute atomic E-state index is 12.3. The average molecular weight is 524 g/mol. The van der Waals surface area contributed by atoms with Crippen LogP contribution in [0.3, 0.4) is 0 Å². The van der Waals surface area contributed by atoms with Crippen molar-refractivity contribution in [2.24, 2.45) is 0 Å². The highest BCUT2D eigenvalue weighted by Gasteiger charge is 2.24. The van der Waals surface area contributed by atoms with Gasteiger partial charge in [-0.1, -0.05) is 0 Å². The number of hydrogen-bond acceptors (Lipinski definition) is 8. The van der Waals surface area contributed by atoms with Crippen molar-refractivity contribution in [3.8, 4) is 17.2 Å². The van der Waals surface area contributed by atoms with Crippen molar-refractivity contribution in [1.82, 2.24) is 19.8 Å². The van der Waals surface area contributed by atoms with E-state index >= 15 is 0 Å². The standard InChI is InChI=1S/C24H29N5O4.2ClH/c1-28(2)14-23(31)29-10-8-17(9-11-29)33-18-5-6-20-19(13-18)24(26-15-25-20)27-16-4-7-21(30)22(12-16)32-3;;/h4-7,12-13,15,17,30H,8-11,14H2,1-3H3,(H,25,26,27);2*1H. The van der Waals surface area contributed by atoms with Crippen molar-refractivity contribution in [3.63, 3.8) is 0 Å². The summed E-state index contributed by atoms with van der Waals surface area (Å²) < 4.78 is 11.4. The number of fused-ring (bicyclic) bond motifs is 1. The summed E-state index contributed by atoms with van der Waals surface area (Å²) in [5, 5.41) is 13.9. The monoisotopic (exact) mass is 523 g/mol. The number of benzene rings is 2. The quantitative estimate of drug-likeness (QED) is 0.450. The molecule has 0 bridgehead atoms. The molecule has 11 heteroatoms. The number of carbonyl (C=O) groups excluding carboxylic acids is 1. The number of carbonyl (C=O) groups is 1. The van der Waals surface area contributed by atoms with Crippen LogP contribution in [-0.4, -0.2) is 77.7 Å². The van der Waals surface area contributed by atoms with E-state index in [2.05, 4.69) is 15.3 Å². The Kier molecular flexibility index (Phi) is 10.2. The Morgan fingerprint density at radius 3 is 2.57 bits per heavy atom. The van der Waals surface area contributed by atoms with Crippen molar-refractivity contribution in [3.05, 3.63) is 42.7 Å².